The molecular formula is C12H22O2. The summed E-state index contributed by atoms with van der Waals surface area (Å²) in [6, 6.07) is 0. The molecule has 0 aliphatic heterocycles. The fraction of sp³-hybridized carbons (Fsp3) is 0.917. The first-order chi connectivity index (χ1) is 6.50. The minimum Gasteiger partial charge on any atom is -0.462 e. The second-order valence-corrected chi connectivity index (χ2v) is 4.97. The Balaban J connectivity index is 2.58. The van der Waals surface area contributed by atoms with Crippen LogP contribution in [-0.2, 0) is 9.53 Å². The van der Waals surface area contributed by atoms with Gasteiger partial charge in [-0.1, -0.05) is 27.2 Å². The predicted octanol–water partition coefficient (Wildman–Crippen LogP) is 3.01. The Kier molecular flexibility index (Phi) is 3.97. The highest BCUT2D eigenvalue weighted by atomic mass is 16.5. The highest BCUT2D eigenvalue weighted by Gasteiger charge is 2.32. The molecule has 0 aromatic heterocycles. The summed E-state index contributed by atoms with van der Waals surface area (Å²) < 4.78 is 5.40. The fourth-order valence-electron chi connectivity index (χ4n) is 2.46. The smallest absolute Gasteiger partial charge is 0.302 e. The third-order valence-electron chi connectivity index (χ3n) is 3.28. The highest BCUT2D eigenvalue weighted by molar-refractivity contribution is 5.66. The maximum absolute atomic E-state index is 11.0. The molecule has 2 unspecified atom stereocenters. The van der Waals surface area contributed by atoms with Crippen molar-refractivity contribution in [2.45, 2.75) is 53.1 Å². The standard InChI is InChI=1S/C12H22O2/c1-8(2)11-6-5-9(3)7-12(11)14-10(4)13/h8-9,11-12H,5-7H2,1-4H3/t9?,11-,12?/m0/s1. The second-order valence-electron chi connectivity index (χ2n) is 4.97. The fourth-order valence-corrected chi connectivity index (χ4v) is 2.46. The Morgan fingerprint density at radius 3 is 2.50 bits per heavy atom. The summed E-state index contributed by atoms with van der Waals surface area (Å²) in [5, 5.41) is 0. The van der Waals surface area contributed by atoms with Gasteiger partial charge in [-0.15, -0.1) is 0 Å². The van der Waals surface area contributed by atoms with Crippen LogP contribution >= 0.6 is 0 Å². The van der Waals surface area contributed by atoms with Gasteiger partial charge in [0, 0.05) is 6.92 Å². The average molecular weight is 198 g/mol. The zero-order chi connectivity index (χ0) is 10.7. The first-order valence-corrected chi connectivity index (χ1v) is 5.68. The molecule has 0 radical (unpaired) electrons. The first kappa shape index (κ1) is 11.5. The van der Waals surface area contributed by atoms with Gasteiger partial charge in [0.05, 0.1) is 0 Å². The van der Waals surface area contributed by atoms with E-state index >= 15 is 0 Å². The van der Waals surface area contributed by atoms with Crippen molar-refractivity contribution >= 4 is 5.97 Å². The van der Waals surface area contributed by atoms with Crippen LogP contribution in [0.1, 0.15) is 47.0 Å². The van der Waals surface area contributed by atoms with Crippen molar-refractivity contribution in [3.8, 4) is 0 Å². The zero-order valence-corrected chi connectivity index (χ0v) is 9.75. The maximum atomic E-state index is 11.0. The molecule has 0 spiro atoms. The van der Waals surface area contributed by atoms with Crippen molar-refractivity contribution < 1.29 is 9.53 Å². The molecule has 2 nitrogen and oxygen atoms in total. The molecule has 0 N–H and O–H groups in total. The van der Waals surface area contributed by atoms with E-state index in [-0.39, 0.29) is 12.1 Å². The Morgan fingerprint density at radius 2 is 2.00 bits per heavy atom. The summed E-state index contributed by atoms with van der Waals surface area (Å²) in [6.07, 6.45) is 3.69. The van der Waals surface area contributed by atoms with E-state index in [9.17, 15) is 4.79 Å². The topological polar surface area (TPSA) is 26.3 Å². The van der Waals surface area contributed by atoms with Gasteiger partial charge in [-0.25, -0.2) is 0 Å². The molecule has 1 aliphatic carbocycles. The molecule has 0 saturated heterocycles. The number of ether oxygens (including phenoxy) is 1. The molecule has 3 atom stereocenters. The molecule has 1 aliphatic rings. The zero-order valence-electron chi connectivity index (χ0n) is 9.75. The maximum Gasteiger partial charge on any atom is 0.302 e. The van der Waals surface area contributed by atoms with Crippen LogP contribution in [0.3, 0.4) is 0 Å². The third kappa shape index (κ3) is 3.00. The molecule has 0 aromatic carbocycles. The SMILES string of the molecule is CC(=O)OC1CC(C)CC[C@H]1C(C)C. The van der Waals surface area contributed by atoms with E-state index in [2.05, 4.69) is 20.8 Å². The van der Waals surface area contributed by atoms with Crippen molar-refractivity contribution in [1.29, 1.82) is 0 Å². The van der Waals surface area contributed by atoms with Crippen LogP contribution in [0.5, 0.6) is 0 Å². The van der Waals surface area contributed by atoms with Gasteiger partial charge in [0.2, 0.25) is 0 Å². The van der Waals surface area contributed by atoms with Crippen molar-refractivity contribution in [3.63, 3.8) is 0 Å². The van der Waals surface area contributed by atoms with Crippen molar-refractivity contribution in [2.75, 3.05) is 0 Å². The Bertz CT molecular complexity index is 198. The van der Waals surface area contributed by atoms with Gasteiger partial charge in [-0.2, -0.15) is 0 Å². The molecule has 1 saturated carbocycles. The van der Waals surface area contributed by atoms with Crippen molar-refractivity contribution in [2.24, 2.45) is 17.8 Å². The van der Waals surface area contributed by atoms with Crippen molar-refractivity contribution in [3.05, 3.63) is 0 Å². The monoisotopic (exact) mass is 198 g/mol. The Hall–Kier alpha value is -0.530. The minimum atomic E-state index is -0.130. The molecule has 82 valence electrons. The lowest BCUT2D eigenvalue weighted by molar-refractivity contribution is -0.153. The van der Waals surface area contributed by atoms with Crippen LogP contribution in [0.4, 0.5) is 0 Å². The minimum absolute atomic E-state index is 0.130. The molecule has 0 aromatic rings. The van der Waals surface area contributed by atoms with Crippen LogP contribution in [0.15, 0.2) is 0 Å². The summed E-state index contributed by atoms with van der Waals surface area (Å²) in [6.45, 7) is 8.19. The van der Waals surface area contributed by atoms with Gasteiger partial charge in [0.1, 0.15) is 6.10 Å². The van der Waals surface area contributed by atoms with E-state index in [0.29, 0.717) is 17.8 Å². The van der Waals surface area contributed by atoms with E-state index in [1.54, 1.807) is 0 Å². The molecule has 1 rings (SSSR count). The van der Waals surface area contributed by atoms with E-state index in [1.165, 1.54) is 19.8 Å². The predicted molar refractivity (Wildman–Crippen MR) is 56.9 cm³/mol. The van der Waals surface area contributed by atoms with E-state index in [1.807, 2.05) is 0 Å². The molecule has 0 heterocycles. The second kappa shape index (κ2) is 4.81. The molecule has 2 heteroatoms. The number of carbonyl (C=O) groups is 1. The van der Waals surface area contributed by atoms with Gasteiger partial charge >= 0.3 is 5.97 Å². The third-order valence-corrected chi connectivity index (χ3v) is 3.28. The summed E-state index contributed by atoms with van der Waals surface area (Å²) in [5.41, 5.74) is 0. The van der Waals surface area contributed by atoms with Gasteiger partial charge in [0.25, 0.3) is 0 Å². The average Bonchev–Trinajstić information content (AvgIpc) is 2.01. The molecule has 14 heavy (non-hydrogen) atoms. The van der Waals surface area contributed by atoms with Gasteiger partial charge < -0.3 is 4.74 Å². The van der Waals surface area contributed by atoms with Gasteiger partial charge in [0.15, 0.2) is 0 Å². The first-order valence-electron chi connectivity index (χ1n) is 5.68. The highest BCUT2D eigenvalue weighted by Crippen LogP contribution is 2.35. The van der Waals surface area contributed by atoms with Gasteiger partial charge in [-0.3, -0.25) is 4.79 Å². The van der Waals surface area contributed by atoms with Crippen molar-refractivity contribution in [1.82, 2.24) is 0 Å². The van der Waals surface area contributed by atoms with Crippen LogP contribution in [-0.4, -0.2) is 12.1 Å². The van der Waals surface area contributed by atoms with Crippen LogP contribution < -0.4 is 0 Å². The number of carbonyl (C=O) groups excluding carboxylic acids is 1. The molecule has 0 bridgehead atoms. The number of esters is 1. The lowest BCUT2D eigenvalue weighted by atomic mass is 9.75. The van der Waals surface area contributed by atoms with E-state index in [0.717, 1.165) is 6.42 Å². The number of rotatable bonds is 2. The summed E-state index contributed by atoms with van der Waals surface area (Å²) in [7, 11) is 0. The molecular weight excluding hydrogens is 176 g/mol. The van der Waals surface area contributed by atoms with Crippen LogP contribution in [0, 0.1) is 17.8 Å². The lowest BCUT2D eigenvalue weighted by Gasteiger charge is -2.36. The Labute approximate surface area is 87.0 Å². The summed E-state index contributed by atoms with van der Waals surface area (Å²) in [4.78, 5) is 11.0. The Morgan fingerprint density at radius 1 is 1.36 bits per heavy atom. The number of hydrogen-bond acceptors (Lipinski definition) is 2. The van der Waals surface area contributed by atoms with E-state index in [4.69, 9.17) is 4.74 Å². The normalized spacial score (nSPS) is 33.1. The molecule has 1 fully saturated rings. The van der Waals surface area contributed by atoms with Crippen LogP contribution in [0.25, 0.3) is 0 Å². The van der Waals surface area contributed by atoms with E-state index < -0.39 is 0 Å². The van der Waals surface area contributed by atoms with Crippen LogP contribution in [0.2, 0.25) is 0 Å². The summed E-state index contributed by atoms with van der Waals surface area (Å²) >= 11 is 0. The summed E-state index contributed by atoms with van der Waals surface area (Å²) in [5.74, 6) is 1.76. The van der Waals surface area contributed by atoms with Gasteiger partial charge in [-0.05, 0) is 30.6 Å². The molecule has 0 amide bonds. The largest absolute Gasteiger partial charge is 0.462 e. The quantitative estimate of drug-likeness (QED) is 0.637. The lowest BCUT2D eigenvalue weighted by Crippen LogP contribution is -2.35. The number of hydrogen-bond donors (Lipinski definition) is 0.